The molecule has 1 fully saturated rings. The molecule has 0 aromatic carbocycles. The van der Waals surface area contributed by atoms with Gasteiger partial charge in [-0.15, -0.1) is 11.8 Å². The van der Waals surface area contributed by atoms with Crippen molar-refractivity contribution in [2.45, 2.75) is 30.0 Å². The molecule has 1 aliphatic rings. The number of nitrogens with zero attached hydrogens (tertiary/aromatic N) is 1. The third kappa shape index (κ3) is 3.86. The van der Waals surface area contributed by atoms with Gasteiger partial charge in [0.2, 0.25) is 5.91 Å². The second-order valence-corrected chi connectivity index (χ2v) is 6.44. The molecule has 0 unspecified atom stereocenters. The van der Waals surface area contributed by atoms with E-state index in [0.29, 0.717) is 10.9 Å². The van der Waals surface area contributed by atoms with Crippen molar-refractivity contribution in [1.29, 1.82) is 0 Å². The van der Waals surface area contributed by atoms with Crippen molar-refractivity contribution in [3.63, 3.8) is 0 Å². The van der Waals surface area contributed by atoms with Gasteiger partial charge in [0.25, 0.3) is 0 Å². The lowest BCUT2D eigenvalue weighted by atomic mass is 10.1. The lowest BCUT2D eigenvalue weighted by molar-refractivity contribution is -0.119. The number of hydrogen-bond acceptors (Lipinski definition) is 6. The Morgan fingerprint density at radius 3 is 2.94 bits per heavy atom. The van der Waals surface area contributed by atoms with E-state index < -0.39 is 0 Å². The van der Waals surface area contributed by atoms with Gasteiger partial charge in [-0.25, -0.2) is 4.98 Å². The first-order valence-electron chi connectivity index (χ1n) is 5.88. The van der Waals surface area contributed by atoms with E-state index in [1.165, 1.54) is 23.1 Å². The van der Waals surface area contributed by atoms with Crippen molar-refractivity contribution in [2.24, 2.45) is 0 Å². The van der Waals surface area contributed by atoms with Crippen LogP contribution < -0.4 is 11.1 Å². The summed E-state index contributed by atoms with van der Waals surface area (Å²) in [5.74, 6) is 0.484. The number of carbonyl (C=O) groups is 1. The highest BCUT2D eigenvalue weighted by Gasteiger charge is 2.16. The largest absolute Gasteiger partial charge is 0.381 e. The van der Waals surface area contributed by atoms with Gasteiger partial charge >= 0.3 is 0 Å². The number of nitrogens with two attached hydrogens (primary N) is 1. The molecule has 100 valence electrons. The Kier molecular flexibility index (Phi) is 4.85. The number of amides is 1. The summed E-state index contributed by atoms with van der Waals surface area (Å²) in [7, 11) is 0. The molecule has 18 heavy (non-hydrogen) atoms. The summed E-state index contributed by atoms with van der Waals surface area (Å²) < 4.78 is 6.27. The van der Waals surface area contributed by atoms with Crippen molar-refractivity contribution in [3.05, 3.63) is 5.69 Å². The maximum Gasteiger partial charge on any atom is 0.230 e. The number of nitrogens with one attached hydrogen (secondary N) is 1. The molecule has 1 amide bonds. The van der Waals surface area contributed by atoms with Gasteiger partial charge in [-0.1, -0.05) is 11.3 Å². The molecule has 1 aromatic heterocycles. The van der Waals surface area contributed by atoms with E-state index in [2.05, 4.69) is 10.3 Å². The van der Waals surface area contributed by atoms with Gasteiger partial charge < -0.3 is 15.8 Å². The van der Waals surface area contributed by atoms with Crippen LogP contribution in [0, 0.1) is 6.92 Å². The van der Waals surface area contributed by atoms with E-state index in [9.17, 15) is 4.79 Å². The second-order valence-electron chi connectivity index (χ2n) is 4.17. The fourth-order valence-electron chi connectivity index (χ4n) is 1.78. The Morgan fingerprint density at radius 2 is 2.33 bits per heavy atom. The van der Waals surface area contributed by atoms with Crippen LogP contribution in [0.4, 0.5) is 5.13 Å². The number of thiazole rings is 1. The second kappa shape index (κ2) is 6.40. The molecule has 0 radical (unpaired) electrons. The molecule has 0 saturated carbocycles. The number of aromatic nitrogens is 1. The summed E-state index contributed by atoms with van der Waals surface area (Å²) in [5, 5.41) is 3.58. The molecule has 3 N–H and O–H groups in total. The highest BCUT2D eigenvalue weighted by molar-refractivity contribution is 8.01. The highest BCUT2D eigenvalue weighted by atomic mass is 32.2. The molecule has 1 saturated heterocycles. The Balaban J connectivity index is 1.75. The smallest absolute Gasteiger partial charge is 0.230 e. The minimum absolute atomic E-state index is 0.0678. The van der Waals surface area contributed by atoms with Crippen LogP contribution in [0.3, 0.4) is 0 Å². The van der Waals surface area contributed by atoms with Gasteiger partial charge in [0.1, 0.15) is 0 Å². The summed E-state index contributed by atoms with van der Waals surface area (Å²) in [5.41, 5.74) is 6.52. The lowest BCUT2D eigenvalue weighted by Gasteiger charge is -2.22. The van der Waals surface area contributed by atoms with Gasteiger partial charge in [0.05, 0.1) is 15.7 Å². The highest BCUT2D eigenvalue weighted by Crippen LogP contribution is 2.30. The molecule has 1 aromatic rings. The monoisotopic (exact) mass is 287 g/mol. The summed E-state index contributed by atoms with van der Waals surface area (Å²) in [6.45, 7) is 3.39. The minimum atomic E-state index is 0.0678. The van der Waals surface area contributed by atoms with Crippen LogP contribution in [0.1, 0.15) is 18.5 Å². The topological polar surface area (TPSA) is 77.2 Å². The number of hydrogen-bond donors (Lipinski definition) is 2. The summed E-state index contributed by atoms with van der Waals surface area (Å²) >= 11 is 2.93. The minimum Gasteiger partial charge on any atom is -0.381 e. The number of ether oxygens (including phenoxy) is 1. The maximum atomic E-state index is 11.8. The fraction of sp³-hybridized carbons (Fsp3) is 0.636. The van der Waals surface area contributed by atoms with Crippen molar-refractivity contribution in [3.8, 4) is 0 Å². The van der Waals surface area contributed by atoms with Crippen LogP contribution in [0.15, 0.2) is 4.21 Å². The average Bonchev–Trinajstić information content (AvgIpc) is 2.66. The van der Waals surface area contributed by atoms with E-state index in [1.807, 2.05) is 6.92 Å². The van der Waals surface area contributed by atoms with Gasteiger partial charge in [-0.05, 0) is 19.8 Å². The Hall–Kier alpha value is -0.790. The van der Waals surface area contributed by atoms with Crippen LogP contribution >= 0.6 is 23.1 Å². The first-order chi connectivity index (χ1) is 8.65. The van der Waals surface area contributed by atoms with Crippen molar-refractivity contribution in [2.75, 3.05) is 24.7 Å². The summed E-state index contributed by atoms with van der Waals surface area (Å²) in [6.07, 6.45) is 1.81. The average molecular weight is 287 g/mol. The first-order valence-corrected chi connectivity index (χ1v) is 7.68. The standard InChI is InChI=1S/C11H17N3O2S2/c1-7-10(18-11(12)13-7)17-6-9(15)14-8-2-4-16-5-3-8/h8H,2-6H2,1H3,(H2,12,13)(H,14,15). The molecule has 5 nitrogen and oxygen atoms in total. The summed E-state index contributed by atoms with van der Waals surface area (Å²) in [4.78, 5) is 15.9. The number of thioether (sulfide) groups is 1. The van der Waals surface area contributed by atoms with Crippen molar-refractivity contribution < 1.29 is 9.53 Å². The van der Waals surface area contributed by atoms with E-state index in [0.717, 1.165) is 36.0 Å². The number of anilines is 1. The number of carbonyl (C=O) groups excluding carboxylic acids is 1. The Morgan fingerprint density at radius 1 is 1.61 bits per heavy atom. The predicted octanol–water partition coefficient (Wildman–Crippen LogP) is 1.42. The van der Waals surface area contributed by atoms with Crippen molar-refractivity contribution >= 4 is 34.1 Å². The molecule has 0 bridgehead atoms. The summed E-state index contributed by atoms with van der Waals surface area (Å²) in [6, 6.07) is 0.263. The number of nitrogen functional groups attached to an aromatic ring is 1. The third-order valence-electron chi connectivity index (χ3n) is 2.69. The zero-order valence-electron chi connectivity index (χ0n) is 10.3. The molecular weight excluding hydrogens is 270 g/mol. The maximum absolute atomic E-state index is 11.8. The zero-order chi connectivity index (χ0) is 13.0. The molecule has 0 atom stereocenters. The molecule has 0 aliphatic carbocycles. The normalized spacial score (nSPS) is 16.7. The third-order valence-corrected chi connectivity index (χ3v) is 5.04. The van der Waals surface area contributed by atoms with Crippen LogP contribution in [-0.4, -0.2) is 35.9 Å². The van der Waals surface area contributed by atoms with Gasteiger partial charge in [-0.3, -0.25) is 4.79 Å². The Labute approximate surface area is 114 Å². The molecule has 7 heteroatoms. The van der Waals surface area contributed by atoms with E-state index in [4.69, 9.17) is 10.5 Å². The van der Waals surface area contributed by atoms with E-state index in [-0.39, 0.29) is 11.9 Å². The van der Waals surface area contributed by atoms with Gasteiger partial charge in [0.15, 0.2) is 5.13 Å². The van der Waals surface area contributed by atoms with Crippen LogP contribution in [0.2, 0.25) is 0 Å². The van der Waals surface area contributed by atoms with Crippen LogP contribution in [-0.2, 0) is 9.53 Å². The fourth-order valence-corrected chi connectivity index (χ4v) is 3.61. The molecular formula is C11H17N3O2S2. The van der Waals surface area contributed by atoms with E-state index in [1.54, 1.807) is 0 Å². The van der Waals surface area contributed by atoms with Gasteiger partial charge in [-0.2, -0.15) is 0 Å². The Bertz CT molecular complexity index is 416. The first kappa shape index (κ1) is 13.6. The molecule has 2 rings (SSSR count). The lowest BCUT2D eigenvalue weighted by Crippen LogP contribution is -2.39. The quantitative estimate of drug-likeness (QED) is 0.819. The molecule has 1 aliphatic heterocycles. The van der Waals surface area contributed by atoms with Crippen molar-refractivity contribution in [1.82, 2.24) is 10.3 Å². The predicted molar refractivity (Wildman–Crippen MR) is 74.0 cm³/mol. The van der Waals surface area contributed by atoms with Crippen LogP contribution in [0.25, 0.3) is 0 Å². The SMILES string of the molecule is Cc1nc(N)sc1SCC(=O)NC1CCOCC1. The molecule has 0 spiro atoms. The number of rotatable bonds is 4. The van der Waals surface area contributed by atoms with Gasteiger partial charge in [0, 0.05) is 19.3 Å². The number of aryl methyl sites for hydroxylation is 1. The molecule has 2 heterocycles. The zero-order valence-corrected chi connectivity index (χ0v) is 11.9. The van der Waals surface area contributed by atoms with E-state index >= 15 is 0 Å². The van der Waals surface area contributed by atoms with Crippen LogP contribution in [0.5, 0.6) is 0 Å².